The van der Waals surface area contributed by atoms with Crippen molar-refractivity contribution in [1.29, 1.82) is 0 Å². The zero-order valence-corrected chi connectivity index (χ0v) is 19.8. The predicted octanol–water partition coefficient (Wildman–Crippen LogP) is 4.52. The van der Waals surface area contributed by atoms with Crippen LogP contribution in [0.1, 0.15) is 30.1 Å². The quantitative estimate of drug-likeness (QED) is 0.413. The van der Waals surface area contributed by atoms with Crippen LogP contribution < -0.4 is 15.0 Å². The number of carbonyl (C=O) groups excluding carboxylic acids is 2. The molecule has 1 aliphatic heterocycles. The number of nitrogens with zero attached hydrogens (tertiary/aromatic N) is 4. The summed E-state index contributed by atoms with van der Waals surface area (Å²) in [5.41, 5.74) is 3.24. The van der Waals surface area contributed by atoms with E-state index in [1.165, 1.54) is 6.92 Å². The van der Waals surface area contributed by atoms with Crippen molar-refractivity contribution < 1.29 is 14.3 Å². The van der Waals surface area contributed by atoms with E-state index < -0.39 is 0 Å². The Kier molecular flexibility index (Phi) is 6.02. The number of imidazole rings is 1. The second-order valence-corrected chi connectivity index (χ2v) is 9.28. The number of carbonyl (C=O) groups is 2. The first-order valence-electron chi connectivity index (χ1n) is 11.2. The first-order chi connectivity index (χ1) is 16.5. The minimum absolute atomic E-state index is 0.0109. The van der Waals surface area contributed by atoms with Crippen molar-refractivity contribution in [2.45, 2.75) is 19.8 Å². The van der Waals surface area contributed by atoms with E-state index in [1.54, 1.807) is 42.7 Å². The maximum Gasteiger partial charge on any atom is 0.227 e. The molecule has 2 aromatic heterocycles. The van der Waals surface area contributed by atoms with Gasteiger partial charge in [-0.05, 0) is 68.3 Å². The van der Waals surface area contributed by atoms with E-state index >= 15 is 0 Å². The Morgan fingerprint density at radius 1 is 1.06 bits per heavy atom. The fourth-order valence-corrected chi connectivity index (χ4v) is 5.02. The Hall–Kier alpha value is -3.72. The van der Waals surface area contributed by atoms with Gasteiger partial charge in [-0.15, -0.1) is 5.10 Å². The molecule has 1 aliphatic rings. The first kappa shape index (κ1) is 22.1. The van der Waals surface area contributed by atoms with Gasteiger partial charge in [0.25, 0.3) is 0 Å². The molecule has 0 saturated carbocycles. The number of ketones is 1. The lowest BCUT2D eigenvalue weighted by atomic mass is 9.96. The van der Waals surface area contributed by atoms with Crippen molar-refractivity contribution in [3.63, 3.8) is 0 Å². The standard InChI is InChI=1S/C25H25N5O3S/c1-16(31)17-3-7-20(8-4-17)26-23(32)19-11-13-29(14-12-19)25-28-30-15-22(27-24(30)34-25)18-5-9-21(33-2)10-6-18/h3-10,15,19H,11-14H2,1-2H3,(H,26,32). The van der Waals surface area contributed by atoms with Gasteiger partial charge in [-0.1, -0.05) is 11.3 Å². The van der Waals surface area contributed by atoms with Crippen LogP contribution in [0.4, 0.5) is 10.8 Å². The van der Waals surface area contributed by atoms with Crippen molar-refractivity contribution in [2.75, 3.05) is 30.4 Å². The third kappa shape index (κ3) is 4.51. The number of fused-ring (bicyclic) bond motifs is 1. The number of Topliss-reactive ketones (excluding diaryl/α,β-unsaturated/α-hetero) is 1. The largest absolute Gasteiger partial charge is 0.497 e. The molecule has 8 nitrogen and oxygen atoms in total. The molecule has 1 N–H and O–H groups in total. The Morgan fingerprint density at radius 3 is 2.38 bits per heavy atom. The summed E-state index contributed by atoms with van der Waals surface area (Å²) in [5, 5.41) is 8.62. The molecular formula is C25H25N5O3S. The highest BCUT2D eigenvalue weighted by molar-refractivity contribution is 7.20. The number of anilines is 2. The van der Waals surface area contributed by atoms with E-state index in [0.29, 0.717) is 11.3 Å². The number of ether oxygens (including phenoxy) is 1. The Labute approximate surface area is 201 Å². The fraction of sp³-hybridized carbons (Fsp3) is 0.280. The van der Waals surface area contributed by atoms with Crippen molar-refractivity contribution >= 4 is 38.8 Å². The van der Waals surface area contributed by atoms with Gasteiger partial charge in [-0.2, -0.15) is 0 Å². The number of nitrogens with one attached hydrogen (secondary N) is 1. The summed E-state index contributed by atoms with van der Waals surface area (Å²) in [6.45, 7) is 3.06. The Balaban J connectivity index is 1.19. The van der Waals surface area contributed by atoms with Crippen molar-refractivity contribution in [3.05, 3.63) is 60.3 Å². The maximum absolute atomic E-state index is 12.7. The van der Waals surface area contributed by atoms with Gasteiger partial charge in [-0.25, -0.2) is 9.50 Å². The SMILES string of the molecule is COc1ccc(-c2cn3nc(N4CCC(C(=O)Nc5ccc(C(C)=O)cc5)CC4)sc3n2)cc1. The first-order valence-corrected chi connectivity index (χ1v) is 12.0. The lowest BCUT2D eigenvalue weighted by Gasteiger charge is -2.30. The topological polar surface area (TPSA) is 88.8 Å². The second kappa shape index (κ2) is 9.26. The van der Waals surface area contributed by atoms with Crippen LogP contribution in [0.15, 0.2) is 54.7 Å². The highest BCUT2D eigenvalue weighted by Crippen LogP contribution is 2.30. The van der Waals surface area contributed by atoms with E-state index in [-0.39, 0.29) is 17.6 Å². The summed E-state index contributed by atoms with van der Waals surface area (Å²) in [5.74, 6) is 0.799. The second-order valence-electron chi connectivity index (χ2n) is 8.35. The van der Waals surface area contributed by atoms with Gasteiger partial charge in [0.15, 0.2) is 5.78 Å². The highest BCUT2D eigenvalue weighted by atomic mass is 32.1. The van der Waals surface area contributed by atoms with Crippen LogP contribution in [0.25, 0.3) is 16.2 Å². The number of hydrogen-bond donors (Lipinski definition) is 1. The van der Waals surface area contributed by atoms with E-state index in [0.717, 1.165) is 53.0 Å². The van der Waals surface area contributed by atoms with Gasteiger partial charge in [-0.3, -0.25) is 9.59 Å². The molecule has 1 saturated heterocycles. The molecule has 9 heteroatoms. The van der Waals surface area contributed by atoms with Crippen LogP contribution in [0.2, 0.25) is 0 Å². The smallest absolute Gasteiger partial charge is 0.227 e. The third-order valence-electron chi connectivity index (χ3n) is 6.11. The third-order valence-corrected chi connectivity index (χ3v) is 7.10. The molecule has 2 aromatic carbocycles. The number of piperidine rings is 1. The number of benzene rings is 2. The van der Waals surface area contributed by atoms with Crippen molar-refractivity contribution in [3.8, 4) is 17.0 Å². The predicted molar refractivity (Wildman–Crippen MR) is 133 cm³/mol. The molecule has 0 bridgehead atoms. The number of hydrogen-bond acceptors (Lipinski definition) is 7. The molecule has 0 atom stereocenters. The summed E-state index contributed by atoms with van der Waals surface area (Å²) < 4.78 is 7.04. The summed E-state index contributed by atoms with van der Waals surface area (Å²) >= 11 is 1.56. The van der Waals surface area contributed by atoms with E-state index in [9.17, 15) is 9.59 Å². The Bertz CT molecular complexity index is 1290. The van der Waals surface area contributed by atoms with Crippen LogP contribution in [-0.4, -0.2) is 46.5 Å². The van der Waals surface area contributed by atoms with Gasteiger partial charge in [0.05, 0.1) is 19.0 Å². The molecule has 34 heavy (non-hydrogen) atoms. The van der Waals surface area contributed by atoms with Gasteiger partial charge in [0, 0.05) is 35.8 Å². The molecule has 174 valence electrons. The van der Waals surface area contributed by atoms with Gasteiger partial charge < -0.3 is 15.0 Å². The molecule has 0 radical (unpaired) electrons. The molecule has 4 aromatic rings. The van der Waals surface area contributed by atoms with Crippen LogP contribution in [-0.2, 0) is 4.79 Å². The number of rotatable bonds is 6. The van der Waals surface area contributed by atoms with E-state index in [1.807, 2.05) is 35.0 Å². The molecule has 0 unspecified atom stereocenters. The molecular weight excluding hydrogens is 450 g/mol. The minimum Gasteiger partial charge on any atom is -0.497 e. The number of methoxy groups -OCH3 is 1. The van der Waals surface area contributed by atoms with Crippen molar-refractivity contribution in [1.82, 2.24) is 14.6 Å². The number of amides is 1. The molecule has 0 spiro atoms. The molecule has 1 amide bonds. The summed E-state index contributed by atoms with van der Waals surface area (Å²) in [6.07, 6.45) is 3.46. The van der Waals surface area contributed by atoms with E-state index in [4.69, 9.17) is 14.8 Å². The average molecular weight is 476 g/mol. The van der Waals surface area contributed by atoms with Crippen LogP contribution in [0.5, 0.6) is 5.75 Å². The molecule has 1 fully saturated rings. The van der Waals surface area contributed by atoms with Crippen molar-refractivity contribution in [2.24, 2.45) is 5.92 Å². The van der Waals surface area contributed by atoms with Gasteiger partial charge in [0.2, 0.25) is 16.0 Å². The lowest BCUT2D eigenvalue weighted by Crippen LogP contribution is -2.38. The monoisotopic (exact) mass is 475 g/mol. The molecule has 3 heterocycles. The number of aromatic nitrogens is 3. The van der Waals surface area contributed by atoms with Crippen LogP contribution >= 0.6 is 11.3 Å². The highest BCUT2D eigenvalue weighted by Gasteiger charge is 2.27. The molecule has 5 rings (SSSR count). The molecule has 0 aliphatic carbocycles. The zero-order valence-electron chi connectivity index (χ0n) is 19.0. The minimum atomic E-state index is -0.0468. The summed E-state index contributed by atoms with van der Waals surface area (Å²) in [7, 11) is 1.65. The zero-order chi connectivity index (χ0) is 23.7. The summed E-state index contributed by atoms with van der Waals surface area (Å²) in [4.78, 5) is 31.9. The summed E-state index contributed by atoms with van der Waals surface area (Å²) in [6, 6.07) is 14.8. The fourth-order valence-electron chi connectivity index (χ4n) is 4.08. The lowest BCUT2D eigenvalue weighted by molar-refractivity contribution is -0.120. The van der Waals surface area contributed by atoms with Crippen LogP contribution in [0.3, 0.4) is 0 Å². The van der Waals surface area contributed by atoms with Gasteiger partial charge in [0.1, 0.15) is 5.75 Å². The van der Waals surface area contributed by atoms with Crippen LogP contribution in [0, 0.1) is 5.92 Å². The average Bonchev–Trinajstić information content (AvgIpc) is 3.44. The van der Waals surface area contributed by atoms with E-state index in [2.05, 4.69) is 10.2 Å². The Morgan fingerprint density at radius 2 is 1.76 bits per heavy atom. The van der Waals surface area contributed by atoms with Gasteiger partial charge >= 0.3 is 0 Å². The maximum atomic E-state index is 12.7. The normalized spacial score (nSPS) is 14.4.